The molecule has 1 aromatic rings. The number of carbonyl (C=O) groups excluding carboxylic acids is 1. The van der Waals surface area contributed by atoms with E-state index in [1.165, 1.54) is 0 Å². The number of carbonyl (C=O) groups is 1. The first-order chi connectivity index (χ1) is 9.58. The molecule has 3 unspecified atom stereocenters. The van der Waals surface area contributed by atoms with Gasteiger partial charge in [0.15, 0.2) is 6.10 Å². The molecule has 1 saturated carbocycles. The summed E-state index contributed by atoms with van der Waals surface area (Å²) in [5.41, 5.74) is 1.09. The van der Waals surface area contributed by atoms with Gasteiger partial charge in [-0.3, -0.25) is 4.79 Å². The van der Waals surface area contributed by atoms with E-state index in [0.717, 1.165) is 24.2 Å². The van der Waals surface area contributed by atoms with Gasteiger partial charge in [0.05, 0.1) is 6.10 Å². The van der Waals surface area contributed by atoms with E-state index in [2.05, 4.69) is 0 Å². The minimum absolute atomic E-state index is 0.0478. The molecule has 20 heavy (non-hydrogen) atoms. The molecule has 1 aliphatic carbocycles. The summed E-state index contributed by atoms with van der Waals surface area (Å²) in [5.74, 6) is 1.19. The van der Waals surface area contributed by atoms with E-state index in [-0.39, 0.29) is 11.8 Å². The normalized spacial score (nSPS) is 25.8. The van der Waals surface area contributed by atoms with E-state index in [1.54, 1.807) is 11.9 Å². The Morgan fingerprint density at radius 2 is 2.15 bits per heavy atom. The summed E-state index contributed by atoms with van der Waals surface area (Å²) < 4.78 is 5.79. The molecule has 1 fully saturated rings. The van der Waals surface area contributed by atoms with Crippen LogP contribution in [0.1, 0.15) is 31.2 Å². The molecular weight excluding hydrogens is 254 g/mol. The summed E-state index contributed by atoms with van der Waals surface area (Å²) in [7, 11) is 1.74. The maximum absolute atomic E-state index is 12.5. The fourth-order valence-electron chi connectivity index (χ4n) is 2.85. The lowest BCUT2D eigenvalue weighted by molar-refractivity contribution is -0.138. The zero-order valence-corrected chi connectivity index (χ0v) is 12.0. The van der Waals surface area contributed by atoms with Crippen LogP contribution in [-0.4, -0.2) is 41.7 Å². The van der Waals surface area contributed by atoms with Gasteiger partial charge in [-0.2, -0.15) is 0 Å². The molecular formula is C16H21NO3. The van der Waals surface area contributed by atoms with Crippen molar-refractivity contribution in [3.8, 4) is 5.75 Å². The van der Waals surface area contributed by atoms with Gasteiger partial charge >= 0.3 is 0 Å². The average Bonchev–Trinajstić information content (AvgIpc) is 3.24. The molecule has 1 aromatic carbocycles. The van der Waals surface area contributed by atoms with Gasteiger partial charge < -0.3 is 14.7 Å². The van der Waals surface area contributed by atoms with Crippen molar-refractivity contribution in [2.45, 2.75) is 37.9 Å². The van der Waals surface area contributed by atoms with Gasteiger partial charge in [-0.15, -0.1) is 0 Å². The number of aliphatic hydroxyl groups is 1. The second-order valence-electron chi connectivity index (χ2n) is 5.99. The van der Waals surface area contributed by atoms with Crippen molar-refractivity contribution in [1.29, 1.82) is 0 Å². The van der Waals surface area contributed by atoms with Gasteiger partial charge in [-0.25, -0.2) is 0 Å². The molecule has 1 N–H and O–H groups in total. The van der Waals surface area contributed by atoms with Crippen LogP contribution in [0, 0.1) is 5.92 Å². The number of fused-ring (bicyclic) bond motifs is 1. The zero-order chi connectivity index (χ0) is 14.3. The minimum Gasteiger partial charge on any atom is -0.480 e. The van der Waals surface area contributed by atoms with Crippen molar-refractivity contribution < 1.29 is 14.6 Å². The Morgan fingerprint density at radius 3 is 2.80 bits per heavy atom. The molecule has 3 atom stereocenters. The predicted octanol–water partition coefficient (Wildman–Crippen LogP) is 1.78. The van der Waals surface area contributed by atoms with E-state index in [0.29, 0.717) is 12.5 Å². The third-order valence-corrected chi connectivity index (χ3v) is 4.36. The Bertz CT molecular complexity index is 512. The van der Waals surface area contributed by atoms with E-state index in [4.69, 9.17) is 4.74 Å². The Balaban J connectivity index is 1.66. The highest BCUT2D eigenvalue weighted by atomic mass is 16.5. The van der Waals surface area contributed by atoms with Crippen molar-refractivity contribution in [3.63, 3.8) is 0 Å². The largest absolute Gasteiger partial charge is 0.480 e. The van der Waals surface area contributed by atoms with Gasteiger partial charge in [0.25, 0.3) is 5.91 Å². The maximum Gasteiger partial charge on any atom is 0.264 e. The summed E-state index contributed by atoms with van der Waals surface area (Å²) >= 11 is 0. The quantitative estimate of drug-likeness (QED) is 0.911. The number of amides is 1. The molecule has 4 nitrogen and oxygen atoms in total. The van der Waals surface area contributed by atoms with E-state index >= 15 is 0 Å². The molecule has 0 aromatic heterocycles. The highest BCUT2D eigenvalue weighted by molar-refractivity contribution is 5.83. The van der Waals surface area contributed by atoms with Crippen LogP contribution >= 0.6 is 0 Å². The van der Waals surface area contributed by atoms with Crippen LogP contribution in [0.3, 0.4) is 0 Å². The second-order valence-corrected chi connectivity index (χ2v) is 5.99. The number of benzene rings is 1. The fourth-order valence-corrected chi connectivity index (χ4v) is 2.85. The molecule has 108 valence electrons. The van der Waals surface area contributed by atoms with E-state index in [9.17, 15) is 9.90 Å². The molecule has 0 saturated heterocycles. The van der Waals surface area contributed by atoms with Crippen molar-refractivity contribution in [1.82, 2.24) is 4.90 Å². The topological polar surface area (TPSA) is 49.8 Å². The molecule has 4 heteroatoms. The number of hydrogen-bond acceptors (Lipinski definition) is 3. The van der Waals surface area contributed by atoms with Gasteiger partial charge in [-0.1, -0.05) is 25.1 Å². The molecule has 1 aliphatic heterocycles. The first-order valence-corrected chi connectivity index (χ1v) is 7.26. The van der Waals surface area contributed by atoms with Gasteiger partial charge in [-0.05, 0) is 24.8 Å². The van der Waals surface area contributed by atoms with Crippen molar-refractivity contribution in [2.24, 2.45) is 5.92 Å². The van der Waals surface area contributed by atoms with Gasteiger partial charge in [0.1, 0.15) is 5.75 Å². The fraction of sp³-hybridized carbons (Fsp3) is 0.562. The van der Waals surface area contributed by atoms with Crippen molar-refractivity contribution in [3.05, 3.63) is 29.8 Å². The Hall–Kier alpha value is -1.55. The van der Waals surface area contributed by atoms with Gasteiger partial charge in [0, 0.05) is 25.1 Å². The summed E-state index contributed by atoms with van der Waals surface area (Å²) in [6, 6.07) is 7.79. The summed E-state index contributed by atoms with van der Waals surface area (Å²) in [5, 5.41) is 9.96. The van der Waals surface area contributed by atoms with Crippen molar-refractivity contribution in [2.75, 3.05) is 13.6 Å². The Kier molecular flexibility index (Phi) is 3.42. The molecule has 1 amide bonds. The smallest absolute Gasteiger partial charge is 0.264 e. The van der Waals surface area contributed by atoms with Gasteiger partial charge in [0.2, 0.25) is 0 Å². The predicted molar refractivity (Wildman–Crippen MR) is 75.6 cm³/mol. The van der Waals surface area contributed by atoms with Crippen LogP contribution in [-0.2, 0) is 4.79 Å². The maximum atomic E-state index is 12.5. The standard InChI is InChI=1S/C16H21NO3/c1-10-12-5-3-4-6-14(12)20-15(10)16(19)17(2)9-13(18)11-7-8-11/h3-6,10-11,13,15,18H,7-9H2,1-2H3. The molecule has 0 radical (unpaired) electrons. The van der Waals surface area contributed by atoms with E-state index in [1.807, 2.05) is 31.2 Å². The summed E-state index contributed by atoms with van der Waals surface area (Å²) in [6.07, 6.45) is 1.28. The monoisotopic (exact) mass is 275 g/mol. The van der Waals surface area contributed by atoms with Crippen LogP contribution in [0.15, 0.2) is 24.3 Å². The second kappa shape index (κ2) is 5.09. The molecule has 0 bridgehead atoms. The van der Waals surface area contributed by atoms with Crippen LogP contribution in [0.2, 0.25) is 0 Å². The number of ether oxygens (including phenoxy) is 1. The van der Waals surface area contributed by atoms with Crippen LogP contribution in [0.4, 0.5) is 0 Å². The zero-order valence-electron chi connectivity index (χ0n) is 12.0. The van der Waals surface area contributed by atoms with Crippen LogP contribution in [0.25, 0.3) is 0 Å². The lowest BCUT2D eigenvalue weighted by atomic mass is 9.97. The first kappa shape index (κ1) is 13.4. The Labute approximate surface area is 119 Å². The van der Waals surface area contributed by atoms with Crippen LogP contribution < -0.4 is 4.74 Å². The number of aliphatic hydroxyl groups excluding tert-OH is 1. The molecule has 0 spiro atoms. The summed E-state index contributed by atoms with van der Waals surface area (Å²) in [4.78, 5) is 14.1. The van der Waals surface area contributed by atoms with E-state index < -0.39 is 12.2 Å². The lowest BCUT2D eigenvalue weighted by Crippen LogP contribution is -2.43. The SMILES string of the molecule is CC1c2ccccc2OC1C(=O)N(C)CC(O)C1CC1. The van der Waals surface area contributed by atoms with Crippen molar-refractivity contribution >= 4 is 5.91 Å². The highest BCUT2D eigenvalue weighted by Crippen LogP contribution is 2.38. The number of likely N-dealkylation sites (N-methyl/N-ethyl adjacent to an activating group) is 1. The molecule has 1 heterocycles. The number of para-hydroxylation sites is 1. The highest BCUT2D eigenvalue weighted by Gasteiger charge is 2.39. The number of nitrogens with zero attached hydrogens (tertiary/aromatic N) is 1. The third kappa shape index (κ3) is 2.40. The van der Waals surface area contributed by atoms with Crippen LogP contribution in [0.5, 0.6) is 5.75 Å². The first-order valence-electron chi connectivity index (χ1n) is 7.26. The molecule has 2 aliphatic rings. The average molecular weight is 275 g/mol. The number of hydrogen-bond donors (Lipinski definition) is 1. The third-order valence-electron chi connectivity index (χ3n) is 4.36. The number of rotatable bonds is 4. The lowest BCUT2D eigenvalue weighted by Gasteiger charge is -2.25. The Morgan fingerprint density at radius 1 is 1.45 bits per heavy atom. The summed E-state index contributed by atoms with van der Waals surface area (Å²) in [6.45, 7) is 2.41. The molecule has 3 rings (SSSR count). The minimum atomic E-state index is -0.469.